The number of carboxylic acid groups (broad SMARTS) is 1. The number of thiazole rings is 1. The molecular weight excluding hydrogens is 406 g/mol. The van der Waals surface area contributed by atoms with Crippen LogP contribution in [0.5, 0.6) is 0 Å². The lowest BCUT2D eigenvalue weighted by Gasteiger charge is -2.22. The molecule has 2 rings (SSSR count). The lowest BCUT2D eigenvalue weighted by Crippen LogP contribution is -2.23. The first-order valence-corrected chi connectivity index (χ1v) is 12.3. The van der Waals surface area contributed by atoms with Crippen molar-refractivity contribution in [3.63, 3.8) is 0 Å². The van der Waals surface area contributed by atoms with E-state index in [1.54, 1.807) is 17.1 Å². The Hall–Kier alpha value is -1.18. The second-order valence-electron chi connectivity index (χ2n) is 8.65. The maximum absolute atomic E-state index is 12.3. The molecule has 1 aromatic heterocycles. The Kier molecular flexibility index (Phi) is 9.37. The molecule has 0 aliphatic heterocycles. The highest BCUT2D eigenvalue weighted by Crippen LogP contribution is 2.35. The Balaban J connectivity index is 1.79. The molecule has 0 radical (unpaired) electrons. The summed E-state index contributed by atoms with van der Waals surface area (Å²) in [6, 6.07) is 0. The molecule has 0 amide bonds. The van der Waals surface area contributed by atoms with Crippen molar-refractivity contribution in [1.29, 1.82) is 0 Å². The summed E-state index contributed by atoms with van der Waals surface area (Å²) in [7, 11) is 0. The summed E-state index contributed by atoms with van der Waals surface area (Å²) in [5.41, 5.74) is -0.625. The van der Waals surface area contributed by atoms with Gasteiger partial charge in [0, 0.05) is 23.5 Å². The number of aromatic nitrogens is 1. The number of Topliss-reactive ketones (excluding diaryl/α,β-unsaturated/α-hetero) is 1. The van der Waals surface area contributed by atoms with Crippen molar-refractivity contribution >= 4 is 34.9 Å². The lowest BCUT2D eigenvalue weighted by molar-refractivity contribution is -0.119. The first kappa shape index (κ1) is 24.1. The number of ketones is 1. The Morgan fingerprint density at radius 2 is 2.24 bits per heavy atom. The minimum absolute atomic E-state index is 0.0621. The predicted molar refractivity (Wildman–Crippen MR) is 119 cm³/mol. The predicted octanol–water partition coefficient (Wildman–Crippen LogP) is 5.44. The van der Waals surface area contributed by atoms with Gasteiger partial charge in [-0.1, -0.05) is 50.6 Å². The summed E-state index contributed by atoms with van der Waals surface area (Å²) < 4.78 is 0.760. The van der Waals surface area contributed by atoms with Crippen LogP contribution >= 0.6 is 23.1 Å². The molecule has 1 aliphatic rings. The van der Waals surface area contributed by atoms with Gasteiger partial charge in [-0.25, -0.2) is 9.78 Å². The molecule has 162 valence electrons. The van der Waals surface area contributed by atoms with E-state index in [0.29, 0.717) is 24.7 Å². The fraction of sp³-hybridized carbons (Fsp3) is 0.682. The van der Waals surface area contributed by atoms with Gasteiger partial charge in [-0.05, 0) is 44.4 Å². The average molecular weight is 440 g/mol. The van der Waals surface area contributed by atoms with Crippen LogP contribution < -0.4 is 0 Å². The van der Waals surface area contributed by atoms with Gasteiger partial charge in [0.15, 0.2) is 10.0 Å². The number of hydrogen-bond acceptors (Lipinski definition) is 6. The van der Waals surface area contributed by atoms with E-state index < -0.39 is 11.6 Å². The van der Waals surface area contributed by atoms with Crippen LogP contribution in [-0.4, -0.2) is 38.3 Å². The van der Waals surface area contributed by atoms with Crippen molar-refractivity contribution in [2.75, 3.05) is 5.75 Å². The molecule has 0 unspecified atom stereocenters. The fourth-order valence-electron chi connectivity index (χ4n) is 3.71. The lowest BCUT2D eigenvalue weighted by atomic mass is 9.89. The molecule has 3 atom stereocenters. The number of aromatic carboxylic acids is 1. The second-order valence-corrected chi connectivity index (χ2v) is 10.8. The molecule has 1 saturated carbocycles. The van der Waals surface area contributed by atoms with Gasteiger partial charge in [-0.15, -0.1) is 11.3 Å². The van der Waals surface area contributed by atoms with Crippen molar-refractivity contribution in [3.05, 3.63) is 23.2 Å². The van der Waals surface area contributed by atoms with E-state index in [1.165, 1.54) is 11.3 Å². The Bertz CT molecular complexity index is 711. The number of carbonyl (C=O) groups is 2. The van der Waals surface area contributed by atoms with Crippen LogP contribution in [0.3, 0.4) is 0 Å². The Labute approximate surface area is 182 Å². The number of carbonyl (C=O) groups excluding carboxylic acids is 1. The van der Waals surface area contributed by atoms with Crippen LogP contribution in [0.15, 0.2) is 21.9 Å². The molecule has 5 nitrogen and oxygen atoms in total. The first-order chi connectivity index (χ1) is 13.7. The number of allylic oxidation sites excluding steroid dienone is 1. The third-order valence-electron chi connectivity index (χ3n) is 5.46. The number of rotatable bonds is 12. The van der Waals surface area contributed by atoms with Gasteiger partial charge in [0.25, 0.3) is 0 Å². The molecule has 1 aromatic rings. The van der Waals surface area contributed by atoms with Crippen LogP contribution in [0.1, 0.15) is 76.2 Å². The molecule has 0 bridgehead atoms. The molecule has 29 heavy (non-hydrogen) atoms. The van der Waals surface area contributed by atoms with Gasteiger partial charge in [0.2, 0.25) is 0 Å². The zero-order valence-electron chi connectivity index (χ0n) is 17.6. The number of aliphatic hydroxyl groups is 1. The molecule has 0 spiro atoms. The maximum atomic E-state index is 12.3. The largest absolute Gasteiger partial charge is 0.476 e. The van der Waals surface area contributed by atoms with Crippen LogP contribution in [0, 0.1) is 17.8 Å². The van der Waals surface area contributed by atoms with Crippen LogP contribution in [0.4, 0.5) is 0 Å². The smallest absolute Gasteiger partial charge is 0.355 e. The van der Waals surface area contributed by atoms with Gasteiger partial charge < -0.3 is 10.2 Å². The molecule has 1 fully saturated rings. The molecule has 1 aliphatic carbocycles. The van der Waals surface area contributed by atoms with E-state index in [2.05, 4.69) is 18.8 Å². The molecule has 0 aromatic carbocycles. The highest BCUT2D eigenvalue weighted by Gasteiger charge is 2.32. The summed E-state index contributed by atoms with van der Waals surface area (Å²) in [5, 5.41) is 21.1. The third-order valence-corrected chi connectivity index (χ3v) is 7.51. The average Bonchev–Trinajstić information content (AvgIpc) is 3.23. The summed E-state index contributed by atoms with van der Waals surface area (Å²) in [6.45, 7) is 6.26. The minimum Gasteiger partial charge on any atom is -0.476 e. The molecule has 2 N–H and O–H groups in total. The fourth-order valence-corrected chi connectivity index (χ4v) is 5.65. The second kappa shape index (κ2) is 11.3. The third kappa shape index (κ3) is 8.22. The Morgan fingerprint density at radius 1 is 1.48 bits per heavy atom. The summed E-state index contributed by atoms with van der Waals surface area (Å²) in [6.07, 6.45) is 9.91. The van der Waals surface area contributed by atoms with Crippen LogP contribution in [0.2, 0.25) is 0 Å². The standard InChI is InChI=1S/C22H33NO4S2/c1-15(2)6-4-11-22(3,27)12-5-7-17-16(8-9-19(17)24)10-13-28-21-23-18(14-29-21)20(25)26/h5,7,14-17,27H,4,6,8-13H2,1-3H3,(H,25,26)/t16-,17+,22+/m1/s1. The normalized spacial score (nSPS) is 21.9. The molecule has 0 saturated heterocycles. The molecule has 1 heterocycles. The van der Waals surface area contributed by atoms with E-state index in [0.717, 1.165) is 42.2 Å². The van der Waals surface area contributed by atoms with Gasteiger partial charge >= 0.3 is 5.97 Å². The van der Waals surface area contributed by atoms with Crippen molar-refractivity contribution in [3.8, 4) is 0 Å². The van der Waals surface area contributed by atoms with Crippen molar-refractivity contribution < 1.29 is 19.8 Å². The van der Waals surface area contributed by atoms with Gasteiger partial charge in [0.05, 0.1) is 5.60 Å². The van der Waals surface area contributed by atoms with E-state index >= 15 is 0 Å². The topological polar surface area (TPSA) is 87.5 Å². The zero-order chi connectivity index (χ0) is 21.4. The Morgan fingerprint density at radius 3 is 2.90 bits per heavy atom. The zero-order valence-corrected chi connectivity index (χ0v) is 19.2. The van der Waals surface area contributed by atoms with Crippen molar-refractivity contribution in [1.82, 2.24) is 4.98 Å². The van der Waals surface area contributed by atoms with Gasteiger partial charge in [-0.3, -0.25) is 4.79 Å². The van der Waals surface area contributed by atoms with Crippen LogP contribution in [-0.2, 0) is 4.79 Å². The van der Waals surface area contributed by atoms with Gasteiger partial charge in [0.1, 0.15) is 5.78 Å². The maximum Gasteiger partial charge on any atom is 0.355 e. The highest BCUT2D eigenvalue weighted by atomic mass is 32.2. The quantitative estimate of drug-likeness (QED) is 0.333. The van der Waals surface area contributed by atoms with E-state index in [1.807, 2.05) is 19.1 Å². The molecule has 7 heteroatoms. The van der Waals surface area contributed by atoms with E-state index in [-0.39, 0.29) is 17.4 Å². The number of thioether (sulfide) groups is 1. The SMILES string of the molecule is CC(C)CCC[C@](C)(O)CC=C[C@@H]1C(=O)CC[C@@H]1CCSc1nc(C(=O)O)cs1. The van der Waals surface area contributed by atoms with Crippen molar-refractivity contribution in [2.24, 2.45) is 17.8 Å². The summed E-state index contributed by atoms with van der Waals surface area (Å²) >= 11 is 2.91. The first-order valence-electron chi connectivity index (χ1n) is 10.4. The summed E-state index contributed by atoms with van der Waals surface area (Å²) in [4.78, 5) is 27.3. The van der Waals surface area contributed by atoms with Crippen molar-refractivity contribution in [2.45, 2.75) is 75.7 Å². The van der Waals surface area contributed by atoms with E-state index in [9.17, 15) is 14.7 Å². The number of nitrogens with zero attached hydrogens (tertiary/aromatic N) is 1. The number of carboxylic acids is 1. The van der Waals surface area contributed by atoms with Gasteiger partial charge in [-0.2, -0.15) is 0 Å². The minimum atomic E-state index is -1.00. The van der Waals surface area contributed by atoms with Crippen LogP contribution in [0.25, 0.3) is 0 Å². The highest BCUT2D eigenvalue weighted by molar-refractivity contribution is 8.01. The summed E-state index contributed by atoms with van der Waals surface area (Å²) in [5.74, 6) is 1.01. The number of hydrogen-bond donors (Lipinski definition) is 2. The molecular formula is C22H33NO4S2. The monoisotopic (exact) mass is 439 g/mol. The van der Waals surface area contributed by atoms with E-state index in [4.69, 9.17) is 5.11 Å².